The Kier molecular flexibility index (Phi) is 5.58. The lowest BCUT2D eigenvalue weighted by Gasteiger charge is -2.38. The summed E-state index contributed by atoms with van der Waals surface area (Å²) in [6.45, 7) is 1.66. The van der Waals surface area contributed by atoms with E-state index in [0.29, 0.717) is 43.7 Å². The normalized spacial score (nSPS) is 16.8. The highest BCUT2D eigenvalue weighted by Gasteiger charge is 2.33. The zero-order valence-corrected chi connectivity index (χ0v) is 16.5. The van der Waals surface area contributed by atoms with E-state index in [0.717, 1.165) is 10.9 Å². The van der Waals surface area contributed by atoms with Crippen LogP contribution in [0, 0.1) is 11.6 Å². The predicted octanol–water partition coefficient (Wildman–Crippen LogP) is 3.28. The van der Waals surface area contributed by atoms with Crippen LogP contribution in [0.2, 0.25) is 0 Å². The topological polar surface area (TPSA) is 58.4 Å². The van der Waals surface area contributed by atoms with Crippen molar-refractivity contribution in [3.8, 4) is 10.6 Å². The molecule has 2 aromatic heterocycles. The van der Waals surface area contributed by atoms with Crippen molar-refractivity contribution < 1.29 is 13.9 Å². The molecular weight excluding hydrogens is 396 g/mol. The number of nitrogens with zero attached hydrogens (tertiary/aromatic N) is 3. The Morgan fingerprint density at radius 3 is 2.48 bits per heavy atom. The Balaban J connectivity index is 1.42. The molecule has 0 atom stereocenters. The van der Waals surface area contributed by atoms with Crippen LogP contribution in [0.15, 0.2) is 52.6 Å². The molecular formula is C21H21F2N3O2S. The van der Waals surface area contributed by atoms with Crippen molar-refractivity contribution in [3.05, 3.63) is 75.4 Å². The molecule has 0 radical (unpaired) electrons. The first-order chi connectivity index (χ1) is 13.9. The van der Waals surface area contributed by atoms with E-state index < -0.39 is 17.2 Å². The molecule has 0 saturated carbocycles. The molecule has 1 aliphatic heterocycles. The quantitative estimate of drug-likeness (QED) is 0.692. The summed E-state index contributed by atoms with van der Waals surface area (Å²) in [5.74, 6) is -1.19. The Labute approximate surface area is 170 Å². The lowest BCUT2D eigenvalue weighted by molar-refractivity contribution is -0.0389. The van der Waals surface area contributed by atoms with E-state index in [1.54, 1.807) is 6.07 Å². The molecule has 3 heterocycles. The fourth-order valence-corrected chi connectivity index (χ4v) is 4.33. The number of hydrogen-bond donors (Lipinski definition) is 1. The van der Waals surface area contributed by atoms with Gasteiger partial charge in [-0.15, -0.1) is 11.3 Å². The molecule has 0 spiro atoms. The van der Waals surface area contributed by atoms with Gasteiger partial charge in [0.2, 0.25) is 0 Å². The third-order valence-electron chi connectivity index (χ3n) is 5.20. The van der Waals surface area contributed by atoms with E-state index in [1.165, 1.54) is 34.2 Å². The largest absolute Gasteiger partial charge is 0.388 e. The summed E-state index contributed by atoms with van der Waals surface area (Å²) in [7, 11) is 0. The molecule has 0 bridgehead atoms. The van der Waals surface area contributed by atoms with Gasteiger partial charge in [0.25, 0.3) is 5.56 Å². The van der Waals surface area contributed by atoms with E-state index >= 15 is 0 Å². The molecule has 1 aliphatic rings. The van der Waals surface area contributed by atoms with Crippen molar-refractivity contribution in [2.45, 2.75) is 31.5 Å². The minimum atomic E-state index is -1.05. The monoisotopic (exact) mass is 417 g/mol. The number of thiophene rings is 1. The SMILES string of the molecule is O=c1ccc(-c2cccs2)nn1CC1(O)CCN(Cc2cc(F)cc(F)c2)CC1. The van der Waals surface area contributed by atoms with Gasteiger partial charge in [0.15, 0.2) is 0 Å². The minimum absolute atomic E-state index is 0.119. The molecule has 0 amide bonds. The third kappa shape index (κ3) is 4.77. The molecule has 4 rings (SSSR count). The average molecular weight is 417 g/mol. The Morgan fingerprint density at radius 1 is 1.10 bits per heavy atom. The summed E-state index contributed by atoms with van der Waals surface area (Å²) < 4.78 is 28.1. The van der Waals surface area contributed by atoms with E-state index in [2.05, 4.69) is 5.10 Å². The highest BCUT2D eigenvalue weighted by molar-refractivity contribution is 7.13. The van der Waals surface area contributed by atoms with Crippen LogP contribution in [0.4, 0.5) is 8.78 Å². The van der Waals surface area contributed by atoms with E-state index in [1.807, 2.05) is 22.4 Å². The second-order valence-corrected chi connectivity index (χ2v) is 8.42. The Hall–Kier alpha value is -2.42. The number of rotatable bonds is 5. The summed E-state index contributed by atoms with van der Waals surface area (Å²) in [4.78, 5) is 15.2. The zero-order valence-electron chi connectivity index (χ0n) is 15.7. The van der Waals surface area contributed by atoms with Crippen molar-refractivity contribution >= 4 is 11.3 Å². The second kappa shape index (κ2) is 8.14. The van der Waals surface area contributed by atoms with Crippen molar-refractivity contribution in [3.63, 3.8) is 0 Å². The Bertz CT molecular complexity index is 1020. The van der Waals surface area contributed by atoms with Gasteiger partial charge in [-0.3, -0.25) is 9.69 Å². The first kappa shape index (κ1) is 19.9. The molecule has 152 valence electrons. The number of hydrogen-bond acceptors (Lipinski definition) is 5. The number of aliphatic hydroxyl groups is 1. The molecule has 1 saturated heterocycles. The summed E-state index contributed by atoms with van der Waals surface area (Å²) in [5, 5.41) is 17.4. The van der Waals surface area contributed by atoms with Gasteiger partial charge >= 0.3 is 0 Å². The molecule has 5 nitrogen and oxygen atoms in total. The van der Waals surface area contributed by atoms with Crippen LogP contribution in [0.25, 0.3) is 10.6 Å². The molecule has 29 heavy (non-hydrogen) atoms. The fourth-order valence-electron chi connectivity index (χ4n) is 3.64. The third-order valence-corrected chi connectivity index (χ3v) is 6.09. The summed E-state index contributed by atoms with van der Waals surface area (Å²) >= 11 is 1.54. The number of benzene rings is 1. The van der Waals surface area contributed by atoms with Crippen molar-refractivity contribution in [1.82, 2.24) is 14.7 Å². The van der Waals surface area contributed by atoms with Gasteiger partial charge < -0.3 is 5.11 Å². The van der Waals surface area contributed by atoms with Gasteiger partial charge in [0.05, 0.1) is 17.0 Å². The van der Waals surface area contributed by atoms with Crippen molar-refractivity contribution in [2.75, 3.05) is 13.1 Å². The Morgan fingerprint density at radius 2 is 1.83 bits per heavy atom. The zero-order chi connectivity index (χ0) is 20.4. The first-order valence-electron chi connectivity index (χ1n) is 9.42. The van der Waals surface area contributed by atoms with Gasteiger partial charge in [0, 0.05) is 31.8 Å². The van der Waals surface area contributed by atoms with Gasteiger partial charge in [-0.25, -0.2) is 13.5 Å². The van der Waals surface area contributed by atoms with Crippen LogP contribution in [0.1, 0.15) is 18.4 Å². The van der Waals surface area contributed by atoms with Gasteiger partial charge in [-0.1, -0.05) is 6.07 Å². The van der Waals surface area contributed by atoms with Gasteiger partial charge in [0.1, 0.15) is 17.3 Å². The maximum absolute atomic E-state index is 13.4. The number of piperidine rings is 1. The minimum Gasteiger partial charge on any atom is -0.388 e. The van der Waals surface area contributed by atoms with Crippen LogP contribution in [-0.4, -0.2) is 38.5 Å². The summed E-state index contributed by atoms with van der Waals surface area (Å²) in [6.07, 6.45) is 0.893. The first-order valence-corrected chi connectivity index (χ1v) is 10.3. The van der Waals surface area contributed by atoms with Crippen molar-refractivity contribution in [2.24, 2.45) is 0 Å². The van der Waals surface area contributed by atoms with E-state index in [9.17, 15) is 18.7 Å². The predicted molar refractivity (Wildman–Crippen MR) is 108 cm³/mol. The highest BCUT2D eigenvalue weighted by Crippen LogP contribution is 2.26. The average Bonchev–Trinajstić information content (AvgIpc) is 3.20. The molecule has 3 aromatic rings. The standard InChI is InChI=1S/C21H21F2N3O2S/c22-16-10-15(11-17(23)12-16)13-25-7-5-21(28,6-8-25)14-26-20(27)4-3-18(24-26)19-2-1-9-29-19/h1-4,9-12,28H,5-8,13-14H2. The van der Waals surface area contributed by atoms with Crippen LogP contribution in [0.5, 0.6) is 0 Å². The lowest BCUT2D eigenvalue weighted by Crippen LogP contribution is -2.48. The molecule has 8 heteroatoms. The van der Waals surface area contributed by atoms with E-state index in [-0.39, 0.29) is 12.1 Å². The van der Waals surface area contributed by atoms with Crippen molar-refractivity contribution in [1.29, 1.82) is 0 Å². The number of halogens is 2. The van der Waals surface area contributed by atoms with E-state index in [4.69, 9.17) is 0 Å². The lowest BCUT2D eigenvalue weighted by atomic mass is 9.91. The number of aromatic nitrogens is 2. The molecule has 1 N–H and O–H groups in total. The maximum Gasteiger partial charge on any atom is 0.266 e. The number of likely N-dealkylation sites (tertiary alicyclic amines) is 1. The summed E-state index contributed by atoms with van der Waals surface area (Å²) in [6, 6.07) is 10.5. The van der Waals surface area contributed by atoms with Crippen LogP contribution in [-0.2, 0) is 13.1 Å². The van der Waals surface area contributed by atoms with Crippen LogP contribution in [0.3, 0.4) is 0 Å². The molecule has 1 fully saturated rings. The summed E-state index contributed by atoms with van der Waals surface area (Å²) in [5.41, 5.74) is -0.0335. The van der Waals surface area contributed by atoms with Gasteiger partial charge in [-0.05, 0) is 48.1 Å². The fraction of sp³-hybridized carbons (Fsp3) is 0.333. The molecule has 0 unspecified atom stereocenters. The van der Waals surface area contributed by atoms with Crippen LogP contribution >= 0.6 is 11.3 Å². The van der Waals surface area contributed by atoms with Gasteiger partial charge in [-0.2, -0.15) is 5.10 Å². The maximum atomic E-state index is 13.4. The smallest absolute Gasteiger partial charge is 0.266 e. The van der Waals surface area contributed by atoms with Crippen LogP contribution < -0.4 is 5.56 Å². The highest BCUT2D eigenvalue weighted by atomic mass is 32.1. The molecule has 1 aromatic carbocycles. The molecule has 0 aliphatic carbocycles. The second-order valence-electron chi connectivity index (χ2n) is 7.47.